The Labute approximate surface area is 184 Å². The Morgan fingerprint density at radius 1 is 1.20 bits per heavy atom. The molecule has 1 N–H and O–H groups in total. The Morgan fingerprint density at radius 3 is 2.73 bits per heavy atom. The van der Waals surface area contributed by atoms with Crippen LogP contribution in [-0.2, 0) is 6.54 Å². The molecule has 3 heterocycles. The van der Waals surface area contributed by atoms with Crippen molar-refractivity contribution in [2.24, 2.45) is 0 Å². The minimum absolute atomic E-state index is 0.222. The van der Waals surface area contributed by atoms with Gasteiger partial charge < -0.3 is 15.1 Å². The molecule has 1 amide bonds. The van der Waals surface area contributed by atoms with E-state index in [0.29, 0.717) is 17.3 Å². The van der Waals surface area contributed by atoms with Gasteiger partial charge >= 0.3 is 0 Å². The number of carbonyl (C=O) groups excluding carboxylic acids is 1. The van der Waals surface area contributed by atoms with Crippen molar-refractivity contribution in [3.8, 4) is 10.6 Å². The summed E-state index contributed by atoms with van der Waals surface area (Å²) in [6.07, 6.45) is 1.45. The summed E-state index contributed by atoms with van der Waals surface area (Å²) < 4.78 is 0. The van der Waals surface area contributed by atoms with E-state index >= 15 is 0 Å². The summed E-state index contributed by atoms with van der Waals surface area (Å²) >= 11 is 7.82. The molecule has 30 heavy (non-hydrogen) atoms. The van der Waals surface area contributed by atoms with E-state index in [1.165, 1.54) is 17.7 Å². The molecule has 156 valence electrons. The third-order valence-corrected chi connectivity index (χ3v) is 6.64. The van der Waals surface area contributed by atoms with Gasteiger partial charge in [-0.15, -0.1) is 11.3 Å². The van der Waals surface area contributed by atoms with Gasteiger partial charge in [0.2, 0.25) is 0 Å². The van der Waals surface area contributed by atoms with Gasteiger partial charge in [0, 0.05) is 42.7 Å². The second kappa shape index (κ2) is 9.07. The van der Waals surface area contributed by atoms with Gasteiger partial charge in [-0.1, -0.05) is 29.8 Å². The number of amides is 1. The molecule has 0 atom stereocenters. The van der Waals surface area contributed by atoms with E-state index in [0.717, 1.165) is 53.1 Å². The van der Waals surface area contributed by atoms with Crippen molar-refractivity contribution in [1.82, 2.24) is 25.2 Å². The van der Waals surface area contributed by atoms with Gasteiger partial charge in [0.1, 0.15) is 22.8 Å². The molecule has 1 fully saturated rings. The fourth-order valence-electron chi connectivity index (χ4n) is 3.27. The Bertz CT molecular complexity index is 1050. The molecule has 0 unspecified atom stereocenters. The Morgan fingerprint density at radius 2 is 1.97 bits per heavy atom. The third kappa shape index (κ3) is 4.61. The molecule has 0 aliphatic carbocycles. The number of nitrogens with one attached hydrogen (secondary N) is 1. The number of thiazole rings is 1. The minimum atomic E-state index is -0.222. The zero-order valence-electron chi connectivity index (χ0n) is 16.9. The van der Waals surface area contributed by atoms with Crippen LogP contribution in [0.3, 0.4) is 0 Å². The molecule has 1 saturated heterocycles. The standard InChI is InChI=1S/C21H23ClN6OS/c1-14-18(30-21(26-14)15-5-3-4-6-16(15)22)12-23-20(29)17-11-19(25-13-24-17)28-9-7-27(2)8-10-28/h3-6,11,13H,7-10,12H2,1-2H3,(H,23,29). The summed E-state index contributed by atoms with van der Waals surface area (Å²) in [6.45, 7) is 6.06. The van der Waals surface area contributed by atoms with Gasteiger partial charge in [0.15, 0.2) is 0 Å². The summed E-state index contributed by atoms with van der Waals surface area (Å²) in [5, 5.41) is 4.47. The summed E-state index contributed by atoms with van der Waals surface area (Å²) in [5.41, 5.74) is 2.15. The number of carbonyl (C=O) groups is 1. The van der Waals surface area contributed by atoms with Gasteiger partial charge in [-0.25, -0.2) is 15.0 Å². The normalized spacial score (nSPS) is 14.7. The van der Waals surface area contributed by atoms with Crippen LogP contribution in [0.4, 0.5) is 5.82 Å². The Balaban J connectivity index is 1.43. The largest absolute Gasteiger partial charge is 0.354 e. The van der Waals surface area contributed by atoms with E-state index in [9.17, 15) is 4.79 Å². The quantitative estimate of drug-likeness (QED) is 0.653. The van der Waals surface area contributed by atoms with E-state index in [4.69, 9.17) is 11.6 Å². The van der Waals surface area contributed by atoms with Crippen molar-refractivity contribution in [2.45, 2.75) is 13.5 Å². The molecule has 7 nitrogen and oxygen atoms in total. The zero-order valence-corrected chi connectivity index (χ0v) is 18.5. The smallest absolute Gasteiger partial charge is 0.270 e. The first kappa shape index (κ1) is 20.7. The molecule has 9 heteroatoms. The number of halogens is 1. The lowest BCUT2D eigenvalue weighted by Gasteiger charge is -2.33. The van der Waals surface area contributed by atoms with E-state index in [1.54, 1.807) is 6.07 Å². The third-order valence-electron chi connectivity index (χ3n) is 5.12. The van der Waals surface area contributed by atoms with Crippen molar-refractivity contribution in [3.63, 3.8) is 0 Å². The van der Waals surface area contributed by atoms with Crippen LogP contribution in [-0.4, -0.2) is 59.0 Å². The van der Waals surface area contributed by atoms with E-state index in [-0.39, 0.29) is 5.91 Å². The zero-order chi connectivity index (χ0) is 21.1. The van der Waals surface area contributed by atoms with Crippen LogP contribution in [0, 0.1) is 6.92 Å². The molecule has 0 bridgehead atoms. The minimum Gasteiger partial charge on any atom is -0.354 e. The second-order valence-electron chi connectivity index (χ2n) is 7.24. The number of hydrogen-bond donors (Lipinski definition) is 1. The van der Waals surface area contributed by atoms with Crippen molar-refractivity contribution in [1.29, 1.82) is 0 Å². The first-order chi connectivity index (χ1) is 14.5. The average Bonchev–Trinajstić information content (AvgIpc) is 3.13. The predicted molar refractivity (Wildman–Crippen MR) is 120 cm³/mol. The van der Waals surface area contributed by atoms with E-state index in [1.807, 2.05) is 31.2 Å². The average molecular weight is 443 g/mol. The van der Waals surface area contributed by atoms with E-state index in [2.05, 4.69) is 37.1 Å². The van der Waals surface area contributed by atoms with Crippen molar-refractivity contribution in [3.05, 3.63) is 57.9 Å². The van der Waals surface area contributed by atoms with Gasteiger partial charge in [0.25, 0.3) is 5.91 Å². The number of benzene rings is 1. The number of likely N-dealkylation sites (N-methyl/N-ethyl adjacent to an activating group) is 1. The Kier molecular flexibility index (Phi) is 6.26. The maximum absolute atomic E-state index is 12.7. The Hall–Kier alpha value is -2.55. The van der Waals surface area contributed by atoms with Crippen LogP contribution >= 0.6 is 22.9 Å². The van der Waals surface area contributed by atoms with E-state index < -0.39 is 0 Å². The van der Waals surface area contributed by atoms with Crippen LogP contribution in [0.15, 0.2) is 36.7 Å². The molecule has 0 saturated carbocycles. The number of nitrogens with zero attached hydrogens (tertiary/aromatic N) is 5. The number of hydrogen-bond acceptors (Lipinski definition) is 7. The van der Waals surface area contributed by atoms with Crippen LogP contribution in [0.25, 0.3) is 10.6 Å². The second-order valence-corrected chi connectivity index (χ2v) is 8.73. The van der Waals surface area contributed by atoms with Crippen molar-refractivity contribution >= 4 is 34.7 Å². The SMILES string of the molecule is Cc1nc(-c2ccccc2Cl)sc1CNC(=O)c1cc(N2CCN(C)CC2)ncn1. The maximum Gasteiger partial charge on any atom is 0.270 e. The van der Waals surface area contributed by atoms with Gasteiger partial charge in [-0.05, 0) is 20.0 Å². The monoisotopic (exact) mass is 442 g/mol. The maximum atomic E-state index is 12.7. The highest BCUT2D eigenvalue weighted by molar-refractivity contribution is 7.15. The van der Waals surface area contributed by atoms with Gasteiger partial charge in [-0.2, -0.15) is 0 Å². The molecule has 1 aliphatic heterocycles. The first-order valence-electron chi connectivity index (χ1n) is 9.76. The van der Waals surface area contributed by atoms with Crippen LogP contribution in [0.5, 0.6) is 0 Å². The number of aryl methyl sites for hydroxylation is 1. The molecular weight excluding hydrogens is 420 g/mol. The first-order valence-corrected chi connectivity index (χ1v) is 11.0. The van der Waals surface area contributed by atoms with Crippen molar-refractivity contribution in [2.75, 3.05) is 38.1 Å². The van der Waals surface area contributed by atoms with Gasteiger partial charge in [0.05, 0.1) is 17.3 Å². The lowest BCUT2D eigenvalue weighted by Crippen LogP contribution is -2.44. The summed E-state index contributed by atoms with van der Waals surface area (Å²) in [6, 6.07) is 9.39. The molecule has 1 aromatic carbocycles. The molecule has 0 spiro atoms. The lowest BCUT2D eigenvalue weighted by molar-refractivity contribution is 0.0946. The molecule has 0 radical (unpaired) electrons. The number of aromatic nitrogens is 3. The van der Waals surface area contributed by atoms with Crippen LogP contribution in [0.1, 0.15) is 21.1 Å². The van der Waals surface area contributed by atoms with Crippen molar-refractivity contribution < 1.29 is 4.79 Å². The fraction of sp³-hybridized carbons (Fsp3) is 0.333. The topological polar surface area (TPSA) is 74.2 Å². The molecular formula is C21H23ClN6OS. The number of piperazine rings is 1. The molecule has 1 aliphatic rings. The summed E-state index contributed by atoms with van der Waals surface area (Å²) in [4.78, 5) is 31.3. The van der Waals surface area contributed by atoms with Crippen LogP contribution < -0.4 is 10.2 Å². The highest BCUT2D eigenvalue weighted by atomic mass is 35.5. The van der Waals surface area contributed by atoms with Gasteiger partial charge in [-0.3, -0.25) is 4.79 Å². The predicted octanol–water partition coefficient (Wildman–Crippen LogP) is 3.24. The highest BCUT2D eigenvalue weighted by Gasteiger charge is 2.18. The molecule has 2 aromatic heterocycles. The lowest BCUT2D eigenvalue weighted by atomic mass is 10.2. The number of anilines is 1. The van der Waals surface area contributed by atoms with Crippen LogP contribution in [0.2, 0.25) is 5.02 Å². The fourth-order valence-corrected chi connectivity index (χ4v) is 4.60. The molecule has 4 rings (SSSR count). The summed E-state index contributed by atoms with van der Waals surface area (Å²) in [7, 11) is 2.11. The number of rotatable bonds is 5. The highest BCUT2D eigenvalue weighted by Crippen LogP contribution is 2.32. The summed E-state index contributed by atoms with van der Waals surface area (Å²) in [5.74, 6) is 0.568. The molecule has 3 aromatic rings.